The number of ether oxygens (including phenoxy) is 1. The second kappa shape index (κ2) is 8.23. The lowest BCUT2D eigenvalue weighted by Crippen LogP contribution is -2.03. The average molecular weight is 284 g/mol. The molecule has 0 saturated carbocycles. The van der Waals surface area contributed by atoms with E-state index in [0.29, 0.717) is 17.9 Å². The SMILES string of the molecule is CCC(C)CCC(C)CCc1ccc(OC)c(F)c1F. The Morgan fingerprint density at radius 3 is 2.25 bits per heavy atom. The summed E-state index contributed by atoms with van der Waals surface area (Å²) in [5.74, 6) is -0.395. The second-order valence-electron chi connectivity index (χ2n) is 5.79. The van der Waals surface area contributed by atoms with Gasteiger partial charge in [0.1, 0.15) is 0 Å². The van der Waals surface area contributed by atoms with Crippen molar-refractivity contribution in [2.24, 2.45) is 11.8 Å². The molecule has 1 aromatic carbocycles. The summed E-state index contributed by atoms with van der Waals surface area (Å²) in [6, 6.07) is 3.12. The molecule has 0 saturated heterocycles. The zero-order valence-corrected chi connectivity index (χ0v) is 13.0. The van der Waals surface area contributed by atoms with Gasteiger partial charge in [0.05, 0.1) is 7.11 Å². The molecule has 0 amide bonds. The number of aryl methyl sites for hydroxylation is 1. The van der Waals surface area contributed by atoms with E-state index < -0.39 is 11.6 Å². The van der Waals surface area contributed by atoms with E-state index in [1.54, 1.807) is 6.07 Å². The largest absolute Gasteiger partial charge is 0.494 e. The van der Waals surface area contributed by atoms with Crippen molar-refractivity contribution in [3.63, 3.8) is 0 Å². The maximum atomic E-state index is 13.8. The number of benzene rings is 1. The zero-order chi connectivity index (χ0) is 15.1. The molecule has 0 aliphatic rings. The molecule has 0 aromatic heterocycles. The fourth-order valence-electron chi connectivity index (χ4n) is 2.24. The predicted molar refractivity (Wildman–Crippen MR) is 79.1 cm³/mol. The Hall–Kier alpha value is -1.12. The normalized spacial score (nSPS) is 14.1. The first-order chi connectivity index (χ1) is 9.49. The van der Waals surface area contributed by atoms with Crippen molar-refractivity contribution in [3.8, 4) is 5.75 Å². The number of methoxy groups -OCH3 is 1. The van der Waals surface area contributed by atoms with E-state index in [-0.39, 0.29) is 5.75 Å². The summed E-state index contributed by atoms with van der Waals surface area (Å²) >= 11 is 0. The molecule has 0 aliphatic carbocycles. The van der Waals surface area contributed by atoms with Crippen LogP contribution in [0, 0.1) is 23.5 Å². The van der Waals surface area contributed by atoms with Crippen LogP contribution in [-0.2, 0) is 6.42 Å². The Morgan fingerprint density at radius 2 is 1.65 bits per heavy atom. The summed E-state index contributed by atoms with van der Waals surface area (Å²) in [6.45, 7) is 6.64. The minimum Gasteiger partial charge on any atom is -0.494 e. The van der Waals surface area contributed by atoms with Gasteiger partial charge in [-0.05, 0) is 36.3 Å². The van der Waals surface area contributed by atoms with E-state index >= 15 is 0 Å². The third-order valence-corrected chi connectivity index (χ3v) is 4.10. The van der Waals surface area contributed by atoms with Crippen LogP contribution in [0.25, 0.3) is 0 Å². The number of rotatable bonds is 8. The first-order valence-electron chi connectivity index (χ1n) is 7.50. The van der Waals surface area contributed by atoms with Crippen LogP contribution in [-0.4, -0.2) is 7.11 Å². The summed E-state index contributed by atoms with van der Waals surface area (Å²) in [6.07, 6.45) is 5.02. The lowest BCUT2D eigenvalue weighted by molar-refractivity contribution is 0.368. The first kappa shape index (κ1) is 16.9. The number of halogens is 2. The quantitative estimate of drug-likeness (QED) is 0.623. The highest BCUT2D eigenvalue weighted by atomic mass is 19.2. The van der Waals surface area contributed by atoms with Crippen molar-refractivity contribution in [1.82, 2.24) is 0 Å². The van der Waals surface area contributed by atoms with E-state index in [9.17, 15) is 8.78 Å². The first-order valence-corrected chi connectivity index (χ1v) is 7.50. The Kier molecular flexibility index (Phi) is 6.97. The van der Waals surface area contributed by atoms with Crippen LogP contribution in [0.2, 0.25) is 0 Å². The molecule has 0 N–H and O–H groups in total. The maximum absolute atomic E-state index is 13.8. The lowest BCUT2D eigenvalue weighted by atomic mass is 9.92. The molecule has 0 heterocycles. The van der Waals surface area contributed by atoms with Gasteiger partial charge in [-0.1, -0.05) is 46.1 Å². The lowest BCUT2D eigenvalue weighted by Gasteiger charge is -2.15. The van der Waals surface area contributed by atoms with Crippen molar-refractivity contribution < 1.29 is 13.5 Å². The highest BCUT2D eigenvalue weighted by Gasteiger charge is 2.14. The van der Waals surface area contributed by atoms with Crippen LogP contribution < -0.4 is 4.74 Å². The summed E-state index contributed by atoms with van der Waals surface area (Å²) in [5.41, 5.74) is 0.443. The molecule has 20 heavy (non-hydrogen) atoms. The van der Waals surface area contributed by atoms with Gasteiger partial charge in [0.2, 0.25) is 5.82 Å². The van der Waals surface area contributed by atoms with E-state index in [2.05, 4.69) is 20.8 Å². The third kappa shape index (κ3) is 4.77. The minimum atomic E-state index is -0.878. The molecule has 2 unspecified atom stereocenters. The Bertz CT molecular complexity index is 418. The molecular weight excluding hydrogens is 258 g/mol. The van der Waals surface area contributed by atoms with Crippen LogP contribution in [0.15, 0.2) is 12.1 Å². The van der Waals surface area contributed by atoms with Gasteiger partial charge < -0.3 is 4.74 Å². The summed E-state index contributed by atoms with van der Waals surface area (Å²) in [7, 11) is 1.34. The molecule has 2 atom stereocenters. The van der Waals surface area contributed by atoms with Crippen molar-refractivity contribution >= 4 is 0 Å². The van der Waals surface area contributed by atoms with Crippen molar-refractivity contribution in [1.29, 1.82) is 0 Å². The highest BCUT2D eigenvalue weighted by molar-refractivity contribution is 5.31. The molecule has 1 rings (SSSR count). The van der Waals surface area contributed by atoms with Gasteiger partial charge in [-0.15, -0.1) is 0 Å². The van der Waals surface area contributed by atoms with Gasteiger partial charge in [0.25, 0.3) is 0 Å². The molecule has 1 nitrogen and oxygen atoms in total. The van der Waals surface area contributed by atoms with Crippen molar-refractivity contribution in [2.75, 3.05) is 7.11 Å². The van der Waals surface area contributed by atoms with Gasteiger partial charge >= 0.3 is 0 Å². The van der Waals surface area contributed by atoms with Gasteiger partial charge in [0, 0.05) is 0 Å². The van der Waals surface area contributed by atoms with Crippen molar-refractivity contribution in [2.45, 2.75) is 52.9 Å². The fraction of sp³-hybridized carbons (Fsp3) is 0.647. The molecule has 0 radical (unpaired) electrons. The summed E-state index contributed by atoms with van der Waals surface area (Å²) in [4.78, 5) is 0. The molecule has 0 aliphatic heterocycles. The molecule has 1 aromatic rings. The molecule has 0 bridgehead atoms. The third-order valence-electron chi connectivity index (χ3n) is 4.10. The van der Waals surface area contributed by atoms with Crippen LogP contribution in [0.3, 0.4) is 0 Å². The Balaban J connectivity index is 2.51. The van der Waals surface area contributed by atoms with Gasteiger partial charge in [-0.25, -0.2) is 4.39 Å². The maximum Gasteiger partial charge on any atom is 0.200 e. The van der Waals surface area contributed by atoms with E-state index in [1.165, 1.54) is 26.0 Å². The highest BCUT2D eigenvalue weighted by Crippen LogP contribution is 2.25. The van der Waals surface area contributed by atoms with Gasteiger partial charge in [-0.2, -0.15) is 4.39 Å². The molecule has 0 spiro atoms. The smallest absolute Gasteiger partial charge is 0.200 e. The summed E-state index contributed by atoms with van der Waals surface area (Å²) < 4.78 is 32.2. The van der Waals surface area contributed by atoms with E-state index in [0.717, 1.165) is 18.8 Å². The minimum absolute atomic E-state index is 0.0314. The standard InChI is InChI=1S/C17H26F2O/c1-5-12(2)6-7-13(3)8-9-14-10-11-15(20-4)17(19)16(14)18/h10-13H,5-9H2,1-4H3. The van der Waals surface area contributed by atoms with E-state index in [4.69, 9.17) is 4.74 Å². The monoisotopic (exact) mass is 284 g/mol. The van der Waals surface area contributed by atoms with Crippen LogP contribution in [0.1, 0.15) is 52.0 Å². The molecular formula is C17H26F2O. The summed E-state index contributed by atoms with van der Waals surface area (Å²) in [5, 5.41) is 0. The van der Waals surface area contributed by atoms with Crippen LogP contribution in [0.4, 0.5) is 8.78 Å². The zero-order valence-electron chi connectivity index (χ0n) is 13.0. The number of hydrogen-bond acceptors (Lipinski definition) is 1. The molecule has 3 heteroatoms. The Labute approximate surface area is 121 Å². The van der Waals surface area contributed by atoms with Gasteiger partial charge in [0.15, 0.2) is 11.6 Å². The molecule has 0 fully saturated rings. The van der Waals surface area contributed by atoms with Crippen LogP contribution in [0.5, 0.6) is 5.75 Å². The topological polar surface area (TPSA) is 9.23 Å². The average Bonchev–Trinajstić information content (AvgIpc) is 2.46. The fourth-order valence-corrected chi connectivity index (χ4v) is 2.24. The van der Waals surface area contributed by atoms with E-state index in [1.807, 2.05) is 0 Å². The predicted octanol–water partition coefficient (Wildman–Crippen LogP) is 5.37. The van der Waals surface area contributed by atoms with Crippen molar-refractivity contribution in [3.05, 3.63) is 29.3 Å². The number of hydrogen-bond donors (Lipinski definition) is 0. The van der Waals surface area contributed by atoms with Gasteiger partial charge in [-0.3, -0.25) is 0 Å². The molecule has 114 valence electrons. The van der Waals surface area contributed by atoms with Crippen LogP contribution >= 0.6 is 0 Å². The Morgan fingerprint density at radius 1 is 1.00 bits per heavy atom. The second-order valence-corrected chi connectivity index (χ2v) is 5.79.